The van der Waals surface area contributed by atoms with Crippen LogP contribution in [0.5, 0.6) is 0 Å². The van der Waals surface area contributed by atoms with Crippen LogP contribution >= 0.6 is 0 Å². The van der Waals surface area contributed by atoms with Crippen molar-refractivity contribution in [2.24, 2.45) is 5.11 Å². The maximum atomic E-state index is 11.7. The molecule has 1 saturated heterocycles. The Bertz CT molecular complexity index is 644. The number of nitrogens with zero attached hydrogens (tertiary/aromatic N) is 4. The van der Waals surface area contributed by atoms with Crippen molar-refractivity contribution in [2.45, 2.75) is 38.3 Å². The number of ether oxygens (including phenoxy) is 1. The Kier molecular flexibility index (Phi) is 3.43. The lowest BCUT2D eigenvalue weighted by molar-refractivity contribution is -0.0350. The maximum absolute atomic E-state index is 11.7. The fraction of sp³-hybridized carbons (Fsp3) is 0.600. The highest BCUT2D eigenvalue weighted by molar-refractivity contribution is 5.03. The molecule has 102 valence electrons. The Morgan fingerprint density at radius 2 is 2.26 bits per heavy atom. The molecule has 0 spiro atoms. The van der Waals surface area contributed by atoms with Crippen molar-refractivity contribution in [1.82, 2.24) is 9.55 Å². The minimum Gasteiger partial charge on any atom is -0.388 e. The number of hydrogen-bond donors (Lipinski definition) is 2. The molecule has 1 aliphatic heterocycles. The number of nitrogens with one attached hydrogen (secondary N) is 1. The summed E-state index contributed by atoms with van der Waals surface area (Å²) in [6.07, 6.45) is -1.38. The fourth-order valence-corrected chi connectivity index (χ4v) is 2.05. The van der Waals surface area contributed by atoms with Crippen molar-refractivity contribution >= 4 is 0 Å². The number of hydrogen-bond acceptors (Lipinski definition) is 5. The number of aliphatic hydroxyl groups excluding tert-OH is 1. The van der Waals surface area contributed by atoms with Gasteiger partial charge in [0.15, 0.2) is 6.23 Å². The van der Waals surface area contributed by atoms with Crippen LogP contribution in [0.1, 0.15) is 18.7 Å². The molecule has 0 aliphatic carbocycles. The van der Waals surface area contributed by atoms with Crippen molar-refractivity contribution in [3.8, 4) is 0 Å². The fourth-order valence-electron chi connectivity index (χ4n) is 2.05. The minimum atomic E-state index is -1.16. The summed E-state index contributed by atoms with van der Waals surface area (Å²) in [5.41, 5.74) is 7.57. The Labute approximate surface area is 107 Å². The van der Waals surface area contributed by atoms with Gasteiger partial charge in [-0.1, -0.05) is 5.11 Å². The summed E-state index contributed by atoms with van der Waals surface area (Å²) in [5.74, 6) is 0. The van der Waals surface area contributed by atoms with Crippen molar-refractivity contribution in [3.63, 3.8) is 0 Å². The molecule has 9 heteroatoms. The number of rotatable bonds is 2. The molecule has 9 nitrogen and oxygen atoms in total. The summed E-state index contributed by atoms with van der Waals surface area (Å²) in [6, 6.07) is -0.783. The second-order valence-corrected chi connectivity index (χ2v) is 4.40. The van der Waals surface area contributed by atoms with Crippen molar-refractivity contribution in [3.05, 3.63) is 43.0 Å². The zero-order chi connectivity index (χ0) is 14.2. The van der Waals surface area contributed by atoms with Gasteiger partial charge in [-0.2, -0.15) is 0 Å². The van der Waals surface area contributed by atoms with E-state index >= 15 is 0 Å². The topological polar surface area (TPSA) is 133 Å². The van der Waals surface area contributed by atoms with Crippen molar-refractivity contribution in [1.29, 1.82) is 0 Å². The van der Waals surface area contributed by atoms with Crippen LogP contribution in [0.2, 0.25) is 0 Å². The SMILES string of the molecule is Cc1cn([C@@H]2O[C@H](C)C(N=[N+]=[N-])C2O)c(=O)[nH]c1=O. The number of aromatic nitrogens is 2. The standard InChI is InChI=1S/C10H13N5O4/c1-4-3-15(10(18)12-8(4)17)9-7(16)6(13-14-11)5(2)19-9/h3,5-7,9,16H,1-2H3,(H,12,17,18)/t5-,6?,7?,9-/m1/s1. The van der Waals surface area contributed by atoms with E-state index in [-0.39, 0.29) is 0 Å². The maximum Gasteiger partial charge on any atom is 0.330 e. The van der Waals surface area contributed by atoms with Gasteiger partial charge in [-0.05, 0) is 19.4 Å². The van der Waals surface area contributed by atoms with Crippen LogP contribution in [-0.2, 0) is 4.74 Å². The monoisotopic (exact) mass is 267 g/mol. The largest absolute Gasteiger partial charge is 0.388 e. The summed E-state index contributed by atoms with van der Waals surface area (Å²) in [6.45, 7) is 3.16. The van der Waals surface area contributed by atoms with Gasteiger partial charge in [-0.25, -0.2) is 4.79 Å². The van der Waals surface area contributed by atoms with E-state index in [0.29, 0.717) is 5.56 Å². The minimum absolute atomic E-state index is 0.315. The molecule has 1 aromatic rings. The molecule has 1 aromatic heterocycles. The first-order chi connectivity index (χ1) is 8.95. The van der Waals surface area contributed by atoms with Crippen LogP contribution in [0.25, 0.3) is 10.4 Å². The van der Waals surface area contributed by atoms with Gasteiger partial charge < -0.3 is 9.84 Å². The highest BCUT2D eigenvalue weighted by atomic mass is 16.5. The van der Waals surface area contributed by atoms with Gasteiger partial charge in [-0.15, -0.1) is 0 Å². The third-order valence-corrected chi connectivity index (χ3v) is 3.08. The molecule has 1 fully saturated rings. The zero-order valence-corrected chi connectivity index (χ0v) is 10.3. The molecule has 2 unspecified atom stereocenters. The van der Waals surface area contributed by atoms with Gasteiger partial charge in [0, 0.05) is 16.7 Å². The molecule has 2 N–H and O–H groups in total. The van der Waals surface area contributed by atoms with Crippen LogP contribution in [0, 0.1) is 6.92 Å². The molecule has 0 bridgehead atoms. The predicted octanol–water partition coefficient (Wildman–Crippen LogP) is -0.198. The number of aromatic amines is 1. The van der Waals surface area contributed by atoms with Crippen LogP contribution in [0.4, 0.5) is 0 Å². The Balaban J connectivity index is 2.44. The van der Waals surface area contributed by atoms with Crippen LogP contribution in [0.15, 0.2) is 20.9 Å². The van der Waals surface area contributed by atoms with E-state index in [1.54, 1.807) is 6.92 Å². The van der Waals surface area contributed by atoms with Crippen LogP contribution < -0.4 is 11.2 Å². The van der Waals surface area contributed by atoms with Gasteiger partial charge in [0.05, 0.1) is 12.1 Å². The predicted molar refractivity (Wildman–Crippen MR) is 64.6 cm³/mol. The Morgan fingerprint density at radius 3 is 2.89 bits per heavy atom. The van der Waals surface area contributed by atoms with Gasteiger partial charge in [0.25, 0.3) is 5.56 Å². The average molecular weight is 267 g/mol. The molecule has 2 rings (SSSR count). The lowest BCUT2D eigenvalue weighted by Gasteiger charge is -2.17. The Morgan fingerprint density at radius 1 is 1.58 bits per heavy atom. The number of aliphatic hydroxyl groups is 1. The van der Waals surface area contributed by atoms with E-state index in [2.05, 4.69) is 15.0 Å². The third-order valence-electron chi connectivity index (χ3n) is 3.08. The first-order valence-corrected chi connectivity index (χ1v) is 5.65. The second kappa shape index (κ2) is 4.88. The molecule has 0 radical (unpaired) electrons. The lowest BCUT2D eigenvalue weighted by atomic mass is 10.1. The van der Waals surface area contributed by atoms with Gasteiger partial charge >= 0.3 is 5.69 Å². The second-order valence-electron chi connectivity index (χ2n) is 4.40. The van der Waals surface area contributed by atoms with E-state index in [0.717, 1.165) is 4.57 Å². The number of aryl methyl sites for hydroxylation is 1. The molecular formula is C10H13N5O4. The molecule has 0 amide bonds. The van der Waals surface area contributed by atoms with Crippen molar-refractivity contribution < 1.29 is 9.84 Å². The van der Waals surface area contributed by atoms with E-state index < -0.39 is 35.7 Å². The lowest BCUT2D eigenvalue weighted by Crippen LogP contribution is -2.37. The van der Waals surface area contributed by atoms with Gasteiger partial charge in [0.1, 0.15) is 6.10 Å². The number of H-pyrrole nitrogens is 1. The summed E-state index contributed by atoms with van der Waals surface area (Å²) >= 11 is 0. The first kappa shape index (κ1) is 13.3. The molecule has 2 heterocycles. The highest BCUT2D eigenvalue weighted by Crippen LogP contribution is 2.30. The van der Waals surface area contributed by atoms with Crippen LogP contribution in [-0.4, -0.2) is 32.9 Å². The molecule has 1 aliphatic rings. The molecule has 19 heavy (non-hydrogen) atoms. The van der Waals surface area contributed by atoms with E-state index in [1.165, 1.54) is 13.1 Å². The van der Waals surface area contributed by atoms with E-state index in [4.69, 9.17) is 10.3 Å². The molecule has 0 aromatic carbocycles. The van der Waals surface area contributed by atoms with Crippen LogP contribution in [0.3, 0.4) is 0 Å². The van der Waals surface area contributed by atoms with E-state index in [9.17, 15) is 14.7 Å². The zero-order valence-electron chi connectivity index (χ0n) is 10.3. The summed E-state index contributed by atoms with van der Waals surface area (Å²) in [4.78, 5) is 27.8. The van der Waals surface area contributed by atoms with Gasteiger partial charge in [-0.3, -0.25) is 14.3 Å². The molecule has 4 atom stereocenters. The normalized spacial score (nSPS) is 30.1. The molecular weight excluding hydrogens is 254 g/mol. The van der Waals surface area contributed by atoms with E-state index in [1.807, 2.05) is 0 Å². The highest BCUT2D eigenvalue weighted by Gasteiger charge is 2.42. The summed E-state index contributed by atoms with van der Waals surface area (Å²) in [7, 11) is 0. The molecule has 0 saturated carbocycles. The summed E-state index contributed by atoms with van der Waals surface area (Å²) in [5, 5.41) is 13.5. The smallest absolute Gasteiger partial charge is 0.330 e. The Hall–Kier alpha value is -2.09. The quantitative estimate of drug-likeness (QED) is 0.436. The average Bonchev–Trinajstić information content (AvgIpc) is 2.62. The number of azide groups is 1. The third kappa shape index (κ3) is 2.26. The van der Waals surface area contributed by atoms with Crippen molar-refractivity contribution in [2.75, 3.05) is 0 Å². The first-order valence-electron chi connectivity index (χ1n) is 5.65. The van der Waals surface area contributed by atoms with Gasteiger partial charge in [0.2, 0.25) is 0 Å². The summed E-state index contributed by atoms with van der Waals surface area (Å²) < 4.78 is 6.51.